The van der Waals surface area contributed by atoms with E-state index in [1.54, 1.807) is 37.3 Å². The highest BCUT2D eigenvalue weighted by molar-refractivity contribution is 6.02. The van der Waals surface area contributed by atoms with Gasteiger partial charge in [-0.05, 0) is 24.6 Å². The first kappa shape index (κ1) is 20.1. The summed E-state index contributed by atoms with van der Waals surface area (Å²) in [6, 6.07) is 11.1. The predicted octanol–water partition coefficient (Wildman–Crippen LogP) is 2.91. The molecule has 0 bridgehead atoms. The number of hydrogen-bond donors (Lipinski definition) is 1. The molecule has 2 amide bonds. The van der Waals surface area contributed by atoms with Crippen LogP contribution in [0.4, 0.5) is 10.1 Å². The topological polar surface area (TPSA) is 75.7 Å². The van der Waals surface area contributed by atoms with Crippen LogP contribution >= 0.6 is 0 Å². The molecule has 0 saturated carbocycles. The number of aryl methyl sites for hydroxylation is 1. The van der Waals surface area contributed by atoms with Gasteiger partial charge in [0, 0.05) is 26.1 Å². The number of rotatable bonds is 6. The number of nitrogens with zero attached hydrogens (tertiary/aromatic N) is 1. The van der Waals surface area contributed by atoms with E-state index in [2.05, 4.69) is 5.32 Å². The van der Waals surface area contributed by atoms with Crippen LogP contribution in [0.3, 0.4) is 0 Å². The van der Waals surface area contributed by atoms with Crippen molar-refractivity contribution < 1.29 is 23.5 Å². The summed E-state index contributed by atoms with van der Waals surface area (Å²) >= 11 is 0. The summed E-state index contributed by atoms with van der Waals surface area (Å²) in [5.41, 5.74) is 1.57. The molecule has 2 rings (SSSR count). The number of ether oxygens (including phenoxy) is 1. The number of hydrogen-bond acceptors (Lipinski definition) is 4. The lowest BCUT2D eigenvalue weighted by Gasteiger charge is -2.18. The Bertz CT molecular complexity index is 867. The van der Waals surface area contributed by atoms with Gasteiger partial charge in [0.15, 0.2) is 6.61 Å². The van der Waals surface area contributed by atoms with Gasteiger partial charge in [0.05, 0.1) is 11.3 Å². The van der Waals surface area contributed by atoms with Crippen molar-refractivity contribution in [2.75, 3.05) is 19.0 Å². The first-order chi connectivity index (χ1) is 12.8. The molecule has 0 aliphatic rings. The standard InChI is InChI=1S/C20H21FN2O4/c1-13-7-6-9-16(19(13)22-14(2)24)20(26)27-12-18(25)23(3)11-15-8-4-5-10-17(15)21/h4-10H,11-12H2,1-3H3,(H,22,24). The molecular weight excluding hydrogens is 351 g/mol. The fourth-order valence-corrected chi connectivity index (χ4v) is 2.47. The van der Waals surface area contributed by atoms with Gasteiger partial charge in [0.1, 0.15) is 5.82 Å². The molecule has 1 N–H and O–H groups in total. The SMILES string of the molecule is CC(=O)Nc1c(C)cccc1C(=O)OCC(=O)N(C)Cc1ccccc1F. The van der Waals surface area contributed by atoms with E-state index in [9.17, 15) is 18.8 Å². The van der Waals surface area contributed by atoms with E-state index in [-0.39, 0.29) is 18.0 Å². The molecule has 142 valence electrons. The second-order valence-corrected chi connectivity index (χ2v) is 6.10. The Hall–Kier alpha value is -3.22. The Labute approximate surface area is 156 Å². The number of carbonyl (C=O) groups is 3. The average molecular weight is 372 g/mol. The molecule has 0 heterocycles. The van der Waals surface area contributed by atoms with Crippen LogP contribution < -0.4 is 5.32 Å². The molecule has 0 aliphatic heterocycles. The van der Waals surface area contributed by atoms with Gasteiger partial charge in [-0.2, -0.15) is 0 Å². The summed E-state index contributed by atoms with van der Waals surface area (Å²) in [4.78, 5) is 37.1. The maximum Gasteiger partial charge on any atom is 0.340 e. The highest BCUT2D eigenvalue weighted by atomic mass is 19.1. The summed E-state index contributed by atoms with van der Waals surface area (Å²) in [7, 11) is 1.50. The number of esters is 1. The smallest absolute Gasteiger partial charge is 0.340 e. The van der Waals surface area contributed by atoms with Crippen molar-refractivity contribution in [2.24, 2.45) is 0 Å². The molecule has 6 nitrogen and oxygen atoms in total. The summed E-state index contributed by atoms with van der Waals surface area (Å²) in [6.07, 6.45) is 0. The van der Waals surface area contributed by atoms with E-state index in [4.69, 9.17) is 4.74 Å². The van der Waals surface area contributed by atoms with Gasteiger partial charge in [0.25, 0.3) is 5.91 Å². The molecule has 0 unspecified atom stereocenters. The van der Waals surface area contributed by atoms with Crippen molar-refractivity contribution in [3.63, 3.8) is 0 Å². The molecule has 0 radical (unpaired) electrons. The van der Waals surface area contributed by atoms with Gasteiger partial charge in [-0.1, -0.05) is 30.3 Å². The largest absolute Gasteiger partial charge is 0.452 e. The Balaban J connectivity index is 2.01. The lowest BCUT2D eigenvalue weighted by Crippen LogP contribution is -2.31. The number of para-hydroxylation sites is 1. The molecule has 2 aromatic carbocycles. The number of likely N-dealkylation sites (N-methyl/N-ethyl adjacent to an activating group) is 1. The molecule has 27 heavy (non-hydrogen) atoms. The summed E-state index contributed by atoms with van der Waals surface area (Å²) < 4.78 is 18.8. The molecule has 0 fully saturated rings. The second kappa shape index (κ2) is 8.93. The number of nitrogens with one attached hydrogen (secondary N) is 1. The van der Waals surface area contributed by atoms with E-state index in [0.717, 1.165) is 0 Å². The Kier molecular flexibility index (Phi) is 6.65. The maximum absolute atomic E-state index is 13.7. The van der Waals surface area contributed by atoms with Crippen molar-refractivity contribution >= 4 is 23.5 Å². The molecule has 7 heteroatoms. The summed E-state index contributed by atoms with van der Waals surface area (Å²) in [5.74, 6) is -1.93. The zero-order chi connectivity index (χ0) is 20.0. The van der Waals surface area contributed by atoms with E-state index >= 15 is 0 Å². The summed E-state index contributed by atoms with van der Waals surface area (Å²) in [5, 5.41) is 2.60. The molecule has 0 aromatic heterocycles. The molecule has 2 aromatic rings. The second-order valence-electron chi connectivity index (χ2n) is 6.10. The van der Waals surface area contributed by atoms with Crippen LogP contribution in [0.15, 0.2) is 42.5 Å². The Morgan fingerprint density at radius 1 is 1.11 bits per heavy atom. The van der Waals surface area contributed by atoms with Gasteiger partial charge in [-0.3, -0.25) is 9.59 Å². The zero-order valence-electron chi connectivity index (χ0n) is 15.4. The number of amides is 2. The van der Waals surface area contributed by atoms with Crippen LogP contribution in [0.5, 0.6) is 0 Å². The van der Waals surface area contributed by atoms with E-state index in [0.29, 0.717) is 16.8 Å². The quantitative estimate of drug-likeness (QED) is 0.791. The van der Waals surface area contributed by atoms with Crippen molar-refractivity contribution in [1.82, 2.24) is 4.90 Å². The minimum Gasteiger partial charge on any atom is -0.452 e. The number of halogens is 1. The number of benzene rings is 2. The molecular formula is C20H21FN2O4. The monoisotopic (exact) mass is 372 g/mol. The Morgan fingerprint density at radius 3 is 2.48 bits per heavy atom. The van der Waals surface area contributed by atoms with Crippen LogP contribution in [0.25, 0.3) is 0 Å². The number of anilines is 1. The first-order valence-corrected chi connectivity index (χ1v) is 8.31. The van der Waals surface area contributed by atoms with Gasteiger partial charge < -0.3 is 15.0 Å². The third-order valence-electron chi connectivity index (χ3n) is 3.91. The predicted molar refractivity (Wildman–Crippen MR) is 98.6 cm³/mol. The van der Waals surface area contributed by atoms with E-state index in [1.165, 1.54) is 31.0 Å². The highest BCUT2D eigenvalue weighted by Gasteiger charge is 2.18. The van der Waals surface area contributed by atoms with Gasteiger partial charge >= 0.3 is 5.97 Å². The molecule has 0 spiro atoms. The maximum atomic E-state index is 13.7. The number of carbonyl (C=O) groups excluding carboxylic acids is 3. The third-order valence-corrected chi connectivity index (χ3v) is 3.91. The fraction of sp³-hybridized carbons (Fsp3) is 0.250. The minimum absolute atomic E-state index is 0.0602. The van der Waals surface area contributed by atoms with E-state index < -0.39 is 24.3 Å². The normalized spacial score (nSPS) is 10.2. The van der Waals surface area contributed by atoms with E-state index in [1.807, 2.05) is 0 Å². The van der Waals surface area contributed by atoms with Gasteiger partial charge in [-0.15, -0.1) is 0 Å². The van der Waals surface area contributed by atoms with Gasteiger partial charge in [-0.25, -0.2) is 9.18 Å². The Morgan fingerprint density at radius 2 is 1.81 bits per heavy atom. The first-order valence-electron chi connectivity index (χ1n) is 8.31. The van der Waals surface area contributed by atoms with Crippen LogP contribution in [-0.2, 0) is 20.9 Å². The highest BCUT2D eigenvalue weighted by Crippen LogP contribution is 2.21. The molecule has 0 saturated heterocycles. The lowest BCUT2D eigenvalue weighted by atomic mass is 10.1. The lowest BCUT2D eigenvalue weighted by molar-refractivity contribution is -0.133. The van der Waals surface area contributed by atoms with Crippen LogP contribution in [0.2, 0.25) is 0 Å². The molecule has 0 atom stereocenters. The van der Waals surface area contributed by atoms with Crippen molar-refractivity contribution in [3.05, 3.63) is 65.0 Å². The van der Waals surface area contributed by atoms with Crippen molar-refractivity contribution in [1.29, 1.82) is 0 Å². The molecule has 0 aliphatic carbocycles. The van der Waals surface area contributed by atoms with Crippen molar-refractivity contribution in [2.45, 2.75) is 20.4 Å². The minimum atomic E-state index is -0.727. The summed E-state index contributed by atoms with van der Waals surface area (Å²) in [6.45, 7) is 2.65. The van der Waals surface area contributed by atoms with Crippen LogP contribution in [-0.4, -0.2) is 36.3 Å². The zero-order valence-corrected chi connectivity index (χ0v) is 15.4. The van der Waals surface area contributed by atoms with Crippen LogP contribution in [0.1, 0.15) is 28.4 Å². The van der Waals surface area contributed by atoms with Crippen molar-refractivity contribution in [3.8, 4) is 0 Å². The third kappa shape index (κ3) is 5.37. The van der Waals surface area contributed by atoms with Crippen LogP contribution in [0, 0.1) is 12.7 Å². The fourth-order valence-electron chi connectivity index (χ4n) is 2.47. The van der Waals surface area contributed by atoms with Gasteiger partial charge in [0.2, 0.25) is 5.91 Å². The average Bonchev–Trinajstić information content (AvgIpc) is 2.62.